The molecule has 0 saturated carbocycles. The average molecular weight is 498 g/mol. The molecule has 7 heteroatoms. The van der Waals surface area contributed by atoms with E-state index in [2.05, 4.69) is 21.2 Å². The van der Waals surface area contributed by atoms with E-state index in [0.29, 0.717) is 11.6 Å². The van der Waals surface area contributed by atoms with Gasteiger partial charge in [0.15, 0.2) is 0 Å². The zero-order chi connectivity index (χ0) is 21.6. The summed E-state index contributed by atoms with van der Waals surface area (Å²) < 4.78 is 0.935. The molecule has 0 aliphatic heterocycles. The van der Waals surface area contributed by atoms with E-state index >= 15 is 0 Å². The highest BCUT2D eigenvalue weighted by atomic mass is 79.9. The molecule has 0 spiro atoms. The average Bonchev–Trinajstić information content (AvgIpc) is 2.63. The molecule has 1 N–H and O–H groups in total. The van der Waals surface area contributed by atoms with Gasteiger partial charge >= 0.3 is 0 Å². The zero-order valence-corrected chi connectivity index (χ0v) is 20.2. The van der Waals surface area contributed by atoms with Crippen LogP contribution in [0.3, 0.4) is 0 Å². The van der Waals surface area contributed by atoms with Crippen LogP contribution in [0, 0.1) is 0 Å². The van der Waals surface area contributed by atoms with Crippen molar-refractivity contribution in [3.05, 3.63) is 63.6 Å². The molecule has 0 aromatic heterocycles. The quantitative estimate of drug-likeness (QED) is 0.512. The molecule has 0 bridgehead atoms. The van der Waals surface area contributed by atoms with E-state index in [4.69, 9.17) is 11.6 Å². The third kappa shape index (κ3) is 8.03. The van der Waals surface area contributed by atoms with Crippen molar-refractivity contribution in [1.82, 2.24) is 10.2 Å². The molecule has 0 heterocycles. The van der Waals surface area contributed by atoms with Crippen LogP contribution in [0.25, 0.3) is 0 Å². The van der Waals surface area contributed by atoms with Crippen molar-refractivity contribution in [1.29, 1.82) is 0 Å². The van der Waals surface area contributed by atoms with Crippen LogP contribution in [-0.2, 0) is 16.1 Å². The molecular formula is C22H26BrClN2O2S. The topological polar surface area (TPSA) is 49.4 Å². The smallest absolute Gasteiger partial charge is 0.242 e. The number of hydrogen-bond donors (Lipinski definition) is 1. The van der Waals surface area contributed by atoms with Crippen LogP contribution in [0.2, 0.25) is 5.02 Å². The lowest BCUT2D eigenvalue weighted by Crippen LogP contribution is -2.52. The molecule has 2 rings (SSSR count). The van der Waals surface area contributed by atoms with E-state index in [0.717, 1.165) is 14.9 Å². The fraction of sp³-hybridized carbons (Fsp3) is 0.364. The summed E-state index contributed by atoms with van der Waals surface area (Å²) in [4.78, 5) is 28.4. The standard InChI is InChI=1S/C22H26BrClN2O2S/c1-15(21(28)25-22(2,3)4)26(13-16-6-5-7-17(23)12-16)20(27)14-29-19-10-8-18(24)9-11-19/h5-12,15H,13-14H2,1-4H3,(H,25,28)/t15-/m0/s1. The normalized spacial score (nSPS) is 12.3. The predicted molar refractivity (Wildman–Crippen MR) is 124 cm³/mol. The highest BCUT2D eigenvalue weighted by molar-refractivity contribution is 9.10. The summed E-state index contributed by atoms with van der Waals surface area (Å²) in [5.74, 6) is -0.0261. The van der Waals surface area contributed by atoms with Gasteiger partial charge in [-0.05, 0) is 69.7 Å². The van der Waals surface area contributed by atoms with Gasteiger partial charge in [-0.2, -0.15) is 0 Å². The maximum atomic E-state index is 13.1. The molecule has 0 unspecified atom stereocenters. The summed E-state index contributed by atoms with van der Waals surface area (Å²) in [5, 5.41) is 3.62. The summed E-state index contributed by atoms with van der Waals surface area (Å²) in [6.07, 6.45) is 0. The van der Waals surface area contributed by atoms with Gasteiger partial charge in [0.05, 0.1) is 5.75 Å². The molecule has 0 radical (unpaired) electrons. The Hall–Kier alpha value is -1.50. The minimum Gasteiger partial charge on any atom is -0.350 e. The van der Waals surface area contributed by atoms with Gasteiger partial charge in [0.1, 0.15) is 6.04 Å². The van der Waals surface area contributed by atoms with Crippen molar-refractivity contribution in [3.63, 3.8) is 0 Å². The molecule has 0 saturated heterocycles. The lowest BCUT2D eigenvalue weighted by Gasteiger charge is -2.31. The summed E-state index contributed by atoms with van der Waals surface area (Å²) in [6, 6.07) is 14.5. The van der Waals surface area contributed by atoms with Gasteiger partial charge in [0.25, 0.3) is 0 Å². The molecule has 4 nitrogen and oxygen atoms in total. The molecule has 0 aliphatic rings. The first-order valence-electron chi connectivity index (χ1n) is 9.29. The van der Waals surface area contributed by atoms with E-state index in [-0.39, 0.29) is 23.1 Å². The maximum absolute atomic E-state index is 13.1. The SMILES string of the molecule is C[C@@H](C(=O)NC(C)(C)C)N(Cc1cccc(Br)c1)C(=O)CSc1ccc(Cl)cc1. The van der Waals surface area contributed by atoms with Crippen molar-refractivity contribution < 1.29 is 9.59 Å². The number of carbonyl (C=O) groups excluding carboxylic acids is 2. The third-order valence-electron chi connectivity index (χ3n) is 4.08. The number of thioether (sulfide) groups is 1. The highest BCUT2D eigenvalue weighted by Gasteiger charge is 2.28. The number of carbonyl (C=O) groups is 2. The largest absolute Gasteiger partial charge is 0.350 e. The molecule has 2 aromatic carbocycles. The van der Waals surface area contributed by atoms with Crippen LogP contribution in [0.15, 0.2) is 57.9 Å². The Morgan fingerprint density at radius 1 is 1.17 bits per heavy atom. The minimum atomic E-state index is -0.591. The summed E-state index contributed by atoms with van der Waals surface area (Å²) in [6.45, 7) is 7.90. The summed E-state index contributed by atoms with van der Waals surface area (Å²) in [7, 11) is 0. The number of nitrogens with zero attached hydrogens (tertiary/aromatic N) is 1. The molecule has 0 aliphatic carbocycles. The Kier molecular flexibility index (Phi) is 8.61. The number of nitrogens with one attached hydrogen (secondary N) is 1. The maximum Gasteiger partial charge on any atom is 0.242 e. The van der Waals surface area contributed by atoms with Crippen molar-refractivity contribution >= 4 is 51.1 Å². The van der Waals surface area contributed by atoms with Gasteiger partial charge < -0.3 is 10.2 Å². The van der Waals surface area contributed by atoms with E-state index in [9.17, 15) is 9.59 Å². The van der Waals surface area contributed by atoms with E-state index < -0.39 is 6.04 Å². The Balaban J connectivity index is 2.16. The third-order valence-corrected chi connectivity index (χ3v) is 5.83. The first kappa shape index (κ1) is 23.8. The van der Waals surface area contributed by atoms with Gasteiger partial charge in [-0.1, -0.05) is 39.7 Å². The predicted octanol–water partition coefficient (Wildman–Crippen LogP) is 5.53. The monoisotopic (exact) mass is 496 g/mol. The number of benzene rings is 2. The van der Waals surface area contributed by atoms with Crippen LogP contribution < -0.4 is 5.32 Å². The fourth-order valence-corrected chi connectivity index (χ4v) is 4.00. The molecular weight excluding hydrogens is 472 g/mol. The number of amides is 2. The van der Waals surface area contributed by atoms with Crippen molar-refractivity contribution in [2.24, 2.45) is 0 Å². The highest BCUT2D eigenvalue weighted by Crippen LogP contribution is 2.22. The second-order valence-corrected chi connectivity index (χ2v) is 10.2. The molecule has 29 heavy (non-hydrogen) atoms. The van der Waals surface area contributed by atoms with Crippen LogP contribution in [0.5, 0.6) is 0 Å². The Morgan fingerprint density at radius 3 is 2.41 bits per heavy atom. The first-order valence-corrected chi connectivity index (χ1v) is 11.4. The number of rotatable bonds is 7. The van der Waals surface area contributed by atoms with E-state index in [1.54, 1.807) is 24.0 Å². The van der Waals surface area contributed by atoms with Gasteiger partial charge in [0.2, 0.25) is 11.8 Å². The lowest BCUT2D eigenvalue weighted by molar-refractivity contribution is -0.139. The fourth-order valence-electron chi connectivity index (χ4n) is 2.65. The molecule has 0 fully saturated rings. The second-order valence-electron chi connectivity index (χ2n) is 7.81. The minimum absolute atomic E-state index is 0.0958. The van der Waals surface area contributed by atoms with Gasteiger partial charge in [-0.3, -0.25) is 9.59 Å². The Bertz CT molecular complexity index is 853. The number of hydrogen-bond acceptors (Lipinski definition) is 3. The van der Waals surface area contributed by atoms with Crippen LogP contribution in [0.1, 0.15) is 33.3 Å². The van der Waals surface area contributed by atoms with E-state index in [1.807, 2.05) is 57.2 Å². The Labute approximate surface area is 190 Å². The van der Waals surface area contributed by atoms with Crippen LogP contribution >= 0.6 is 39.3 Å². The molecule has 156 valence electrons. The van der Waals surface area contributed by atoms with Gasteiger partial charge in [-0.15, -0.1) is 11.8 Å². The van der Waals surface area contributed by atoms with Crippen molar-refractivity contribution in [2.45, 2.75) is 50.7 Å². The first-order chi connectivity index (χ1) is 13.5. The number of halogens is 2. The summed E-state index contributed by atoms with van der Waals surface area (Å²) >= 11 is 10.8. The molecule has 1 atom stereocenters. The molecule has 2 amide bonds. The lowest BCUT2D eigenvalue weighted by atomic mass is 10.1. The van der Waals surface area contributed by atoms with Crippen molar-refractivity contribution in [2.75, 3.05) is 5.75 Å². The van der Waals surface area contributed by atoms with Gasteiger partial charge in [-0.25, -0.2) is 0 Å². The van der Waals surface area contributed by atoms with Crippen LogP contribution in [0.4, 0.5) is 0 Å². The van der Waals surface area contributed by atoms with Gasteiger partial charge in [0, 0.05) is 26.5 Å². The second kappa shape index (κ2) is 10.5. The van der Waals surface area contributed by atoms with Crippen molar-refractivity contribution in [3.8, 4) is 0 Å². The summed E-state index contributed by atoms with van der Waals surface area (Å²) in [5.41, 5.74) is 0.591. The Morgan fingerprint density at radius 2 is 1.83 bits per heavy atom. The van der Waals surface area contributed by atoms with E-state index in [1.165, 1.54) is 11.8 Å². The zero-order valence-electron chi connectivity index (χ0n) is 17.0. The molecule has 2 aromatic rings. The van der Waals surface area contributed by atoms with Crippen LogP contribution in [-0.4, -0.2) is 34.0 Å².